The topological polar surface area (TPSA) is 89.5 Å². The number of carbonyl (C=O) groups is 1. The van der Waals surface area contributed by atoms with Gasteiger partial charge in [0, 0.05) is 30.8 Å². The van der Waals surface area contributed by atoms with E-state index in [0.717, 1.165) is 18.2 Å². The molecule has 0 aromatic heterocycles. The largest absolute Gasteiger partial charge is 0.339 e. The lowest BCUT2D eigenvalue weighted by molar-refractivity contribution is -0.385. The molecule has 0 saturated carbocycles. The van der Waals surface area contributed by atoms with E-state index in [9.17, 15) is 19.3 Å². The summed E-state index contributed by atoms with van der Waals surface area (Å²) >= 11 is 0. The summed E-state index contributed by atoms with van der Waals surface area (Å²) in [5, 5.41) is 10.6. The molecule has 0 aliphatic carbocycles. The van der Waals surface area contributed by atoms with Crippen LogP contribution < -0.4 is 5.73 Å². The first-order chi connectivity index (χ1) is 8.97. The Hall–Kier alpha value is -2.02. The number of benzene rings is 1. The second-order valence-electron chi connectivity index (χ2n) is 4.58. The molecule has 1 amide bonds. The number of halogens is 1. The minimum Gasteiger partial charge on any atom is -0.339 e. The molecule has 102 valence electrons. The summed E-state index contributed by atoms with van der Waals surface area (Å²) < 4.78 is 13.3. The van der Waals surface area contributed by atoms with Crippen molar-refractivity contribution in [2.24, 2.45) is 5.73 Å². The molecular formula is C12H14FN3O3. The van der Waals surface area contributed by atoms with Crippen LogP contribution in [0.2, 0.25) is 0 Å². The Bertz CT molecular complexity index is 513. The first-order valence-electron chi connectivity index (χ1n) is 5.97. The minimum atomic E-state index is -0.786. The minimum absolute atomic E-state index is 0.00201. The van der Waals surface area contributed by atoms with Crippen molar-refractivity contribution in [3.8, 4) is 0 Å². The lowest BCUT2D eigenvalue weighted by Crippen LogP contribution is -2.42. The average molecular weight is 267 g/mol. The van der Waals surface area contributed by atoms with E-state index in [1.54, 1.807) is 4.90 Å². The monoisotopic (exact) mass is 267 g/mol. The molecule has 1 aromatic rings. The zero-order valence-electron chi connectivity index (χ0n) is 10.2. The highest BCUT2D eigenvalue weighted by Gasteiger charge is 2.23. The van der Waals surface area contributed by atoms with Crippen LogP contribution in [-0.2, 0) is 0 Å². The van der Waals surface area contributed by atoms with Gasteiger partial charge in [-0.05, 0) is 18.9 Å². The molecule has 1 aromatic carbocycles. The fourth-order valence-corrected chi connectivity index (χ4v) is 2.09. The Balaban J connectivity index is 2.21. The normalized spacial score (nSPS) is 16.4. The van der Waals surface area contributed by atoms with Crippen molar-refractivity contribution in [3.05, 3.63) is 39.7 Å². The summed E-state index contributed by atoms with van der Waals surface area (Å²) in [6.07, 6.45) is 1.37. The third-order valence-corrected chi connectivity index (χ3v) is 3.17. The molecule has 0 unspecified atom stereocenters. The van der Waals surface area contributed by atoms with E-state index >= 15 is 0 Å². The number of nitrogens with two attached hydrogens (primary N) is 1. The van der Waals surface area contributed by atoms with Gasteiger partial charge in [0.1, 0.15) is 5.82 Å². The van der Waals surface area contributed by atoms with Gasteiger partial charge >= 0.3 is 0 Å². The number of hydrogen-bond acceptors (Lipinski definition) is 4. The fraction of sp³-hybridized carbons (Fsp3) is 0.417. The van der Waals surface area contributed by atoms with E-state index in [4.69, 9.17) is 5.73 Å². The smallest absolute Gasteiger partial charge is 0.273 e. The summed E-state index contributed by atoms with van der Waals surface area (Å²) in [6, 6.07) is 2.98. The quantitative estimate of drug-likeness (QED) is 0.646. The van der Waals surface area contributed by atoms with Gasteiger partial charge in [-0.15, -0.1) is 0 Å². The summed E-state index contributed by atoms with van der Waals surface area (Å²) in [6.45, 7) is 0.981. The molecular weight excluding hydrogens is 253 g/mol. The van der Waals surface area contributed by atoms with Crippen LogP contribution in [0.4, 0.5) is 10.1 Å². The molecule has 19 heavy (non-hydrogen) atoms. The second kappa shape index (κ2) is 5.31. The van der Waals surface area contributed by atoms with Gasteiger partial charge in [-0.25, -0.2) is 4.39 Å². The number of piperidine rings is 1. The van der Waals surface area contributed by atoms with Gasteiger partial charge in [-0.2, -0.15) is 0 Å². The average Bonchev–Trinajstić information content (AvgIpc) is 2.38. The molecule has 0 bridgehead atoms. The molecule has 7 heteroatoms. The van der Waals surface area contributed by atoms with E-state index in [1.807, 2.05) is 0 Å². The number of rotatable bonds is 2. The Morgan fingerprint density at radius 3 is 2.58 bits per heavy atom. The first-order valence-corrected chi connectivity index (χ1v) is 5.97. The van der Waals surface area contributed by atoms with Crippen LogP contribution >= 0.6 is 0 Å². The van der Waals surface area contributed by atoms with Gasteiger partial charge in [0.25, 0.3) is 11.6 Å². The zero-order chi connectivity index (χ0) is 14.0. The third-order valence-electron chi connectivity index (χ3n) is 3.17. The molecule has 1 aliphatic rings. The predicted molar refractivity (Wildman–Crippen MR) is 66.2 cm³/mol. The van der Waals surface area contributed by atoms with Crippen LogP contribution in [0.15, 0.2) is 18.2 Å². The van der Waals surface area contributed by atoms with E-state index in [0.29, 0.717) is 25.9 Å². The Kier molecular flexibility index (Phi) is 3.75. The van der Waals surface area contributed by atoms with Crippen LogP contribution in [0.5, 0.6) is 0 Å². The maximum absolute atomic E-state index is 13.3. The van der Waals surface area contributed by atoms with E-state index in [1.165, 1.54) is 0 Å². The van der Waals surface area contributed by atoms with E-state index in [2.05, 4.69) is 0 Å². The van der Waals surface area contributed by atoms with E-state index < -0.39 is 22.3 Å². The summed E-state index contributed by atoms with van der Waals surface area (Å²) in [5.41, 5.74) is 5.32. The highest BCUT2D eigenvalue weighted by Crippen LogP contribution is 2.19. The van der Waals surface area contributed by atoms with Gasteiger partial charge in [0.2, 0.25) is 0 Å². The van der Waals surface area contributed by atoms with Gasteiger partial charge in [-0.1, -0.05) is 0 Å². The third kappa shape index (κ3) is 3.05. The molecule has 0 spiro atoms. The molecule has 1 aliphatic heterocycles. The zero-order valence-corrected chi connectivity index (χ0v) is 10.2. The Morgan fingerprint density at radius 2 is 2.00 bits per heavy atom. The first kappa shape index (κ1) is 13.4. The fourth-order valence-electron chi connectivity index (χ4n) is 2.09. The van der Waals surface area contributed by atoms with Crippen LogP contribution in [0, 0.1) is 15.9 Å². The number of amides is 1. The highest BCUT2D eigenvalue weighted by molar-refractivity contribution is 5.95. The number of nitro benzene ring substituents is 1. The van der Waals surface area contributed by atoms with Crippen LogP contribution in [0.3, 0.4) is 0 Å². The van der Waals surface area contributed by atoms with Crippen molar-refractivity contribution in [3.63, 3.8) is 0 Å². The lowest BCUT2D eigenvalue weighted by atomic mass is 10.0. The highest BCUT2D eigenvalue weighted by atomic mass is 19.1. The van der Waals surface area contributed by atoms with Crippen LogP contribution in [-0.4, -0.2) is 34.9 Å². The van der Waals surface area contributed by atoms with Crippen molar-refractivity contribution in [1.82, 2.24) is 4.90 Å². The molecule has 1 fully saturated rings. The molecule has 1 saturated heterocycles. The number of non-ortho nitro benzene ring substituents is 1. The van der Waals surface area contributed by atoms with Crippen molar-refractivity contribution in [1.29, 1.82) is 0 Å². The Morgan fingerprint density at radius 1 is 1.37 bits per heavy atom. The number of nitro groups is 1. The summed E-state index contributed by atoms with van der Waals surface area (Å²) in [7, 11) is 0. The van der Waals surface area contributed by atoms with Gasteiger partial charge in [0.05, 0.1) is 11.0 Å². The van der Waals surface area contributed by atoms with Crippen molar-refractivity contribution in [2.75, 3.05) is 13.1 Å². The van der Waals surface area contributed by atoms with Crippen LogP contribution in [0.25, 0.3) is 0 Å². The number of hydrogen-bond donors (Lipinski definition) is 1. The maximum Gasteiger partial charge on any atom is 0.273 e. The molecule has 2 N–H and O–H groups in total. The van der Waals surface area contributed by atoms with Gasteiger partial charge in [0.15, 0.2) is 0 Å². The summed E-state index contributed by atoms with van der Waals surface area (Å²) in [5.74, 6) is -1.18. The second-order valence-corrected chi connectivity index (χ2v) is 4.58. The van der Waals surface area contributed by atoms with Crippen molar-refractivity contribution >= 4 is 11.6 Å². The number of likely N-dealkylation sites (tertiary alicyclic amines) is 1. The number of carbonyl (C=O) groups excluding carboxylic acids is 1. The van der Waals surface area contributed by atoms with E-state index in [-0.39, 0.29) is 11.6 Å². The standard InChI is InChI=1S/C12H14FN3O3/c13-9-5-8(6-11(7-9)16(18)19)12(17)15-3-1-10(14)2-4-15/h5-7,10H,1-4,14H2. The summed E-state index contributed by atoms with van der Waals surface area (Å²) in [4.78, 5) is 23.6. The SMILES string of the molecule is NC1CCN(C(=O)c2cc(F)cc([N+](=O)[O-])c2)CC1. The van der Waals surface area contributed by atoms with Gasteiger partial charge < -0.3 is 10.6 Å². The molecule has 1 heterocycles. The van der Waals surface area contributed by atoms with Crippen molar-refractivity contribution < 1.29 is 14.1 Å². The van der Waals surface area contributed by atoms with Gasteiger partial charge in [-0.3, -0.25) is 14.9 Å². The Labute approximate surface area is 109 Å². The maximum atomic E-state index is 13.3. The molecule has 6 nitrogen and oxygen atoms in total. The number of nitrogens with zero attached hydrogens (tertiary/aromatic N) is 2. The molecule has 0 radical (unpaired) electrons. The molecule has 2 rings (SSSR count). The van der Waals surface area contributed by atoms with Crippen molar-refractivity contribution in [2.45, 2.75) is 18.9 Å². The lowest BCUT2D eigenvalue weighted by Gasteiger charge is -2.30. The predicted octanol–water partition coefficient (Wildman–Crippen LogP) is 1.30. The van der Waals surface area contributed by atoms with Crippen LogP contribution in [0.1, 0.15) is 23.2 Å². The molecule has 0 atom stereocenters.